The lowest BCUT2D eigenvalue weighted by Gasteiger charge is -2.09. The van der Waals surface area contributed by atoms with Crippen LogP contribution in [0.2, 0.25) is 10.0 Å². The fourth-order valence-electron chi connectivity index (χ4n) is 1.18. The molecule has 0 aliphatic carbocycles. The third-order valence-electron chi connectivity index (χ3n) is 2.11. The molecular formula is C11H14Cl2N2O2S. The van der Waals surface area contributed by atoms with Crippen LogP contribution in [0.4, 0.5) is 10.5 Å². The second-order valence-corrected chi connectivity index (χ2v) is 6.15. The van der Waals surface area contributed by atoms with Crippen molar-refractivity contribution in [2.45, 2.75) is 6.92 Å². The Labute approximate surface area is 118 Å². The van der Waals surface area contributed by atoms with Crippen LogP contribution in [-0.4, -0.2) is 28.3 Å². The fraction of sp³-hybridized carbons (Fsp3) is 0.364. The number of benzene rings is 1. The molecule has 4 nitrogen and oxygen atoms in total. The molecule has 0 saturated heterocycles. The summed E-state index contributed by atoms with van der Waals surface area (Å²) in [7, 11) is -0.888. The van der Waals surface area contributed by atoms with E-state index in [-0.39, 0.29) is 0 Å². The Balaban J connectivity index is 2.44. The first-order valence-corrected chi connectivity index (χ1v) is 7.62. The van der Waals surface area contributed by atoms with E-state index in [4.69, 9.17) is 23.2 Å². The van der Waals surface area contributed by atoms with Gasteiger partial charge in [-0.25, -0.2) is 4.79 Å². The van der Waals surface area contributed by atoms with Crippen molar-refractivity contribution in [3.8, 4) is 0 Å². The smallest absolute Gasteiger partial charge is 0.319 e. The minimum absolute atomic E-state index is 0.352. The first-order valence-electron chi connectivity index (χ1n) is 5.37. The first kappa shape index (κ1) is 15.3. The summed E-state index contributed by atoms with van der Waals surface area (Å²) in [5.74, 6) is 1.02. The highest BCUT2D eigenvalue weighted by Crippen LogP contribution is 2.25. The number of hydrogen-bond acceptors (Lipinski definition) is 2. The summed E-state index contributed by atoms with van der Waals surface area (Å²) in [6.45, 7) is 2.19. The Hall–Kier alpha value is -0.780. The molecule has 0 radical (unpaired) electrons. The SMILES string of the molecule is CCS(=O)CCNC(=O)Nc1cc(Cl)ccc1Cl. The molecule has 7 heteroatoms. The molecule has 0 aliphatic heterocycles. The van der Waals surface area contributed by atoms with Gasteiger partial charge < -0.3 is 10.6 Å². The highest BCUT2D eigenvalue weighted by atomic mass is 35.5. The molecule has 1 rings (SSSR count). The van der Waals surface area contributed by atoms with Gasteiger partial charge in [0.15, 0.2) is 0 Å². The summed E-state index contributed by atoms with van der Waals surface area (Å²) in [5, 5.41) is 6.07. The van der Waals surface area contributed by atoms with Crippen molar-refractivity contribution >= 4 is 45.7 Å². The Morgan fingerprint density at radius 2 is 2.11 bits per heavy atom. The van der Waals surface area contributed by atoms with Gasteiger partial charge in [0.25, 0.3) is 0 Å². The van der Waals surface area contributed by atoms with Crippen LogP contribution >= 0.6 is 23.2 Å². The number of carbonyl (C=O) groups is 1. The third-order valence-corrected chi connectivity index (χ3v) is 3.98. The number of halogens is 2. The van der Waals surface area contributed by atoms with Gasteiger partial charge in [-0.3, -0.25) is 4.21 Å². The predicted molar refractivity (Wildman–Crippen MR) is 77.0 cm³/mol. The van der Waals surface area contributed by atoms with Crippen molar-refractivity contribution in [2.75, 3.05) is 23.4 Å². The van der Waals surface area contributed by atoms with Crippen LogP contribution in [0.15, 0.2) is 18.2 Å². The lowest BCUT2D eigenvalue weighted by atomic mass is 10.3. The van der Waals surface area contributed by atoms with E-state index in [1.807, 2.05) is 6.92 Å². The van der Waals surface area contributed by atoms with Crippen LogP contribution in [0.25, 0.3) is 0 Å². The molecule has 1 aromatic carbocycles. The van der Waals surface area contributed by atoms with E-state index < -0.39 is 16.8 Å². The molecule has 1 unspecified atom stereocenters. The van der Waals surface area contributed by atoms with E-state index in [0.717, 1.165) is 0 Å². The van der Waals surface area contributed by atoms with Gasteiger partial charge in [0.2, 0.25) is 0 Å². The summed E-state index contributed by atoms with van der Waals surface area (Å²) in [5.41, 5.74) is 0.443. The molecule has 0 bridgehead atoms. The number of rotatable bonds is 5. The third kappa shape index (κ3) is 5.25. The van der Waals surface area contributed by atoms with Crippen molar-refractivity contribution in [1.29, 1.82) is 0 Å². The maximum Gasteiger partial charge on any atom is 0.319 e. The van der Waals surface area contributed by atoms with Crippen LogP contribution in [0.5, 0.6) is 0 Å². The molecule has 0 spiro atoms. The standard InChI is InChI=1S/C11H14Cl2N2O2S/c1-2-18(17)6-5-14-11(16)15-10-7-8(12)3-4-9(10)13/h3-4,7H,2,5-6H2,1H3,(H2,14,15,16). The highest BCUT2D eigenvalue weighted by Gasteiger charge is 2.06. The predicted octanol–water partition coefficient (Wildman–Crippen LogP) is 2.88. The van der Waals surface area contributed by atoms with E-state index in [0.29, 0.717) is 33.8 Å². The first-order chi connectivity index (χ1) is 8.52. The summed E-state index contributed by atoms with van der Waals surface area (Å²) < 4.78 is 11.2. The topological polar surface area (TPSA) is 58.2 Å². The summed E-state index contributed by atoms with van der Waals surface area (Å²) in [6, 6.07) is 4.41. The second-order valence-electron chi connectivity index (χ2n) is 3.44. The molecule has 1 atom stereocenters. The molecule has 0 aromatic heterocycles. The van der Waals surface area contributed by atoms with E-state index >= 15 is 0 Å². The minimum Gasteiger partial charge on any atom is -0.337 e. The van der Waals surface area contributed by atoms with Gasteiger partial charge in [-0.1, -0.05) is 30.1 Å². The molecule has 2 N–H and O–H groups in total. The lowest BCUT2D eigenvalue weighted by Crippen LogP contribution is -2.32. The van der Waals surface area contributed by atoms with E-state index in [1.165, 1.54) is 0 Å². The van der Waals surface area contributed by atoms with Crippen molar-refractivity contribution in [2.24, 2.45) is 0 Å². The largest absolute Gasteiger partial charge is 0.337 e. The molecular weight excluding hydrogens is 295 g/mol. The van der Waals surface area contributed by atoms with Gasteiger partial charge in [0.1, 0.15) is 0 Å². The Morgan fingerprint density at radius 1 is 1.39 bits per heavy atom. The number of anilines is 1. The van der Waals surface area contributed by atoms with Crippen molar-refractivity contribution in [3.63, 3.8) is 0 Å². The van der Waals surface area contributed by atoms with Crippen LogP contribution in [0.1, 0.15) is 6.92 Å². The summed E-state index contributed by atoms with van der Waals surface area (Å²) >= 11 is 11.7. The highest BCUT2D eigenvalue weighted by molar-refractivity contribution is 7.84. The van der Waals surface area contributed by atoms with Gasteiger partial charge in [-0.05, 0) is 18.2 Å². The molecule has 100 valence electrons. The average Bonchev–Trinajstić information content (AvgIpc) is 2.33. The van der Waals surface area contributed by atoms with Gasteiger partial charge in [0, 0.05) is 33.9 Å². The normalized spacial score (nSPS) is 11.9. The maximum atomic E-state index is 11.5. The molecule has 0 fully saturated rings. The second kappa shape index (κ2) is 7.61. The van der Waals surface area contributed by atoms with Crippen LogP contribution in [-0.2, 0) is 10.8 Å². The number of urea groups is 1. The van der Waals surface area contributed by atoms with Gasteiger partial charge in [-0.15, -0.1) is 0 Å². The fourth-order valence-corrected chi connectivity index (χ4v) is 2.14. The number of amides is 2. The number of carbonyl (C=O) groups excluding carboxylic acids is 1. The van der Waals surface area contributed by atoms with Crippen molar-refractivity contribution in [1.82, 2.24) is 5.32 Å². The van der Waals surface area contributed by atoms with E-state index in [1.54, 1.807) is 18.2 Å². The lowest BCUT2D eigenvalue weighted by molar-refractivity contribution is 0.252. The average molecular weight is 309 g/mol. The summed E-state index contributed by atoms with van der Waals surface area (Å²) in [4.78, 5) is 11.5. The zero-order valence-electron chi connectivity index (χ0n) is 9.83. The Bertz CT molecular complexity index is 455. The van der Waals surface area contributed by atoms with Crippen molar-refractivity contribution in [3.05, 3.63) is 28.2 Å². The van der Waals surface area contributed by atoms with Gasteiger partial charge in [-0.2, -0.15) is 0 Å². The van der Waals surface area contributed by atoms with Crippen LogP contribution in [0.3, 0.4) is 0 Å². The van der Waals surface area contributed by atoms with E-state index in [9.17, 15) is 9.00 Å². The summed E-state index contributed by atoms with van der Waals surface area (Å²) in [6.07, 6.45) is 0. The molecule has 2 amide bonds. The number of hydrogen-bond donors (Lipinski definition) is 2. The molecule has 1 aromatic rings. The molecule has 18 heavy (non-hydrogen) atoms. The molecule has 0 heterocycles. The van der Waals surface area contributed by atoms with E-state index in [2.05, 4.69) is 10.6 Å². The molecule has 0 aliphatic rings. The van der Waals surface area contributed by atoms with Crippen molar-refractivity contribution < 1.29 is 9.00 Å². The minimum atomic E-state index is -0.888. The van der Waals surface area contributed by atoms with Crippen LogP contribution in [0, 0.1) is 0 Å². The monoisotopic (exact) mass is 308 g/mol. The molecule has 0 saturated carbocycles. The number of nitrogens with one attached hydrogen (secondary N) is 2. The maximum absolute atomic E-state index is 11.5. The Morgan fingerprint density at radius 3 is 2.78 bits per heavy atom. The van der Waals surface area contributed by atoms with Gasteiger partial charge >= 0.3 is 6.03 Å². The van der Waals surface area contributed by atoms with Gasteiger partial charge in [0.05, 0.1) is 10.7 Å². The zero-order chi connectivity index (χ0) is 13.5. The van der Waals surface area contributed by atoms with Crippen LogP contribution < -0.4 is 10.6 Å². The quantitative estimate of drug-likeness (QED) is 0.878. The Kier molecular flexibility index (Phi) is 6.46. The zero-order valence-corrected chi connectivity index (χ0v) is 12.2.